The minimum atomic E-state index is -3.38. The largest absolute Gasteiger partial charge is 0.398 e. The lowest BCUT2D eigenvalue weighted by Crippen LogP contribution is -2.28. The summed E-state index contributed by atoms with van der Waals surface area (Å²) < 4.78 is 23.3. The Morgan fingerprint density at radius 2 is 1.91 bits per heavy atom. The number of hydrogen-bond donors (Lipinski definition) is 0. The molecule has 0 saturated heterocycles. The van der Waals surface area contributed by atoms with E-state index >= 15 is 0 Å². The third-order valence-electron chi connectivity index (χ3n) is 1.07. The molecule has 0 aromatic heterocycles. The van der Waals surface area contributed by atoms with Gasteiger partial charge in [-0.1, -0.05) is 5.16 Å². The van der Waals surface area contributed by atoms with Crippen LogP contribution in [-0.2, 0) is 14.9 Å². The van der Waals surface area contributed by atoms with Gasteiger partial charge in [0, 0.05) is 14.1 Å². The number of nitrogens with zero attached hydrogens (tertiary/aromatic N) is 2. The van der Waals surface area contributed by atoms with Gasteiger partial charge in [-0.3, -0.25) is 0 Å². The summed E-state index contributed by atoms with van der Waals surface area (Å²) in [7, 11) is 0.789. The molecule has 0 amide bonds. The summed E-state index contributed by atoms with van der Waals surface area (Å²) in [4.78, 5) is 4.32. The highest BCUT2D eigenvalue weighted by atomic mass is 32.2. The van der Waals surface area contributed by atoms with Crippen LogP contribution >= 0.6 is 0 Å². The summed E-state index contributed by atoms with van der Waals surface area (Å²) >= 11 is 0. The molecule has 0 fully saturated rings. The lowest BCUT2D eigenvalue weighted by molar-refractivity contribution is 0.214. The van der Waals surface area contributed by atoms with Gasteiger partial charge in [0.25, 0.3) is 10.0 Å². The third-order valence-corrected chi connectivity index (χ3v) is 2.86. The molecule has 0 unspecified atom stereocenters. The van der Waals surface area contributed by atoms with E-state index in [4.69, 9.17) is 0 Å². The second-order valence-electron chi connectivity index (χ2n) is 2.08. The zero-order chi connectivity index (χ0) is 9.07. The molecule has 0 radical (unpaired) electrons. The van der Waals surface area contributed by atoms with Crippen molar-refractivity contribution in [2.45, 2.75) is 6.92 Å². The lowest BCUT2D eigenvalue weighted by atomic mass is 10.9. The predicted molar refractivity (Wildman–Crippen MR) is 42.7 cm³/mol. The highest BCUT2D eigenvalue weighted by Crippen LogP contribution is 1.97. The van der Waals surface area contributed by atoms with E-state index in [0.717, 1.165) is 4.31 Å². The van der Waals surface area contributed by atoms with Crippen molar-refractivity contribution in [1.29, 1.82) is 0 Å². The van der Waals surface area contributed by atoms with Crippen LogP contribution < -0.4 is 0 Å². The summed E-state index contributed by atoms with van der Waals surface area (Å²) in [6.07, 6.45) is 0. The van der Waals surface area contributed by atoms with Crippen LogP contribution in [0.25, 0.3) is 0 Å². The van der Waals surface area contributed by atoms with Gasteiger partial charge in [0.1, 0.15) is 7.11 Å². The van der Waals surface area contributed by atoms with Crippen molar-refractivity contribution in [2.75, 3.05) is 21.2 Å². The molecule has 0 saturated carbocycles. The maximum atomic E-state index is 11.1. The Hall–Kier alpha value is -0.620. The second-order valence-corrected chi connectivity index (χ2v) is 4.35. The van der Waals surface area contributed by atoms with Gasteiger partial charge in [-0.05, 0) is 6.92 Å². The first kappa shape index (κ1) is 10.4. The van der Waals surface area contributed by atoms with Gasteiger partial charge in [-0.25, -0.2) is 12.7 Å². The molecule has 0 aromatic rings. The van der Waals surface area contributed by atoms with Crippen molar-refractivity contribution in [3.63, 3.8) is 0 Å². The van der Waals surface area contributed by atoms with Gasteiger partial charge in [-0.2, -0.15) is 0 Å². The Kier molecular flexibility index (Phi) is 3.47. The van der Waals surface area contributed by atoms with Gasteiger partial charge in [0.15, 0.2) is 5.04 Å². The molecule has 0 atom stereocenters. The summed E-state index contributed by atoms with van der Waals surface area (Å²) in [5, 5.41) is 3.25. The smallest absolute Gasteiger partial charge is 0.259 e. The predicted octanol–water partition coefficient (Wildman–Crippen LogP) is -0.142. The molecular weight excluding hydrogens is 168 g/mol. The average Bonchev–Trinajstić information content (AvgIpc) is 1.88. The van der Waals surface area contributed by atoms with Gasteiger partial charge in [-0.15, -0.1) is 0 Å². The zero-order valence-electron chi connectivity index (χ0n) is 7.03. The molecule has 0 aliphatic rings. The molecule has 0 aliphatic carbocycles. The second kappa shape index (κ2) is 3.68. The fourth-order valence-corrected chi connectivity index (χ4v) is 1.14. The van der Waals surface area contributed by atoms with E-state index in [1.54, 1.807) is 0 Å². The topological polar surface area (TPSA) is 59.0 Å². The fourth-order valence-electron chi connectivity index (χ4n) is 0.440. The van der Waals surface area contributed by atoms with E-state index in [1.165, 1.54) is 28.1 Å². The molecule has 0 aromatic carbocycles. The summed E-state index contributed by atoms with van der Waals surface area (Å²) in [5.41, 5.74) is 0. The Bertz CT molecular complexity index is 242. The Morgan fingerprint density at radius 1 is 1.45 bits per heavy atom. The first-order valence-corrected chi connectivity index (χ1v) is 4.37. The van der Waals surface area contributed by atoms with E-state index < -0.39 is 10.0 Å². The monoisotopic (exact) mass is 180 g/mol. The molecule has 0 aliphatic heterocycles. The normalized spacial score (nSPS) is 13.7. The quantitative estimate of drug-likeness (QED) is 0.337. The molecule has 6 heteroatoms. The van der Waals surface area contributed by atoms with Crippen LogP contribution in [0.15, 0.2) is 5.16 Å². The highest BCUT2D eigenvalue weighted by molar-refractivity contribution is 8.04. The maximum Gasteiger partial charge on any atom is 0.259 e. The number of rotatable bonds is 2. The van der Waals surface area contributed by atoms with E-state index in [0.29, 0.717) is 0 Å². The van der Waals surface area contributed by atoms with Crippen LogP contribution in [0.3, 0.4) is 0 Å². The van der Waals surface area contributed by atoms with Crippen molar-refractivity contribution in [3.05, 3.63) is 0 Å². The highest BCUT2D eigenvalue weighted by Gasteiger charge is 2.18. The van der Waals surface area contributed by atoms with Crippen LogP contribution in [0.2, 0.25) is 0 Å². The van der Waals surface area contributed by atoms with Crippen LogP contribution in [0.1, 0.15) is 6.92 Å². The van der Waals surface area contributed by atoms with Crippen LogP contribution in [0.5, 0.6) is 0 Å². The van der Waals surface area contributed by atoms with Crippen molar-refractivity contribution >= 4 is 15.1 Å². The lowest BCUT2D eigenvalue weighted by Gasteiger charge is -2.08. The molecule has 11 heavy (non-hydrogen) atoms. The van der Waals surface area contributed by atoms with Crippen molar-refractivity contribution in [2.24, 2.45) is 5.16 Å². The first-order chi connectivity index (χ1) is 4.92. The van der Waals surface area contributed by atoms with Gasteiger partial charge in [0.2, 0.25) is 0 Å². The van der Waals surface area contributed by atoms with E-state index in [1.807, 2.05) is 0 Å². The summed E-state index contributed by atoms with van der Waals surface area (Å²) in [5.74, 6) is 0. The summed E-state index contributed by atoms with van der Waals surface area (Å²) in [6, 6.07) is 0. The van der Waals surface area contributed by atoms with E-state index in [2.05, 4.69) is 9.99 Å². The summed E-state index contributed by atoms with van der Waals surface area (Å²) in [6.45, 7) is 1.37. The van der Waals surface area contributed by atoms with Gasteiger partial charge in [0.05, 0.1) is 0 Å². The average molecular weight is 180 g/mol. The SMILES string of the molecule is CON=C(C)S(=O)(=O)N(C)C. The Balaban J connectivity index is 4.72. The van der Waals surface area contributed by atoms with Crippen molar-refractivity contribution in [1.82, 2.24) is 4.31 Å². The van der Waals surface area contributed by atoms with Crippen molar-refractivity contribution in [3.8, 4) is 0 Å². The third kappa shape index (κ3) is 2.47. The number of hydrogen-bond acceptors (Lipinski definition) is 4. The van der Waals surface area contributed by atoms with Gasteiger partial charge >= 0.3 is 0 Å². The molecule has 66 valence electrons. The molecule has 0 N–H and O–H groups in total. The Morgan fingerprint density at radius 3 is 2.18 bits per heavy atom. The van der Waals surface area contributed by atoms with Crippen LogP contribution in [0.4, 0.5) is 0 Å². The van der Waals surface area contributed by atoms with Crippen molar-refractivity contribution < 1.29 is 13.3 Å². The Labute approximate surface area is 66.7 Å². The molecular formula is C5H12N2O3S. The number of oxime groups is 1. The zero-order valence-corrected chi connectivity index (χ0v) is 7.84. The van der Waals surface area contributed by atoms with Crippen LogP contribution in [0, 0.1) is 0 Å². The molecule has 0 spiro atoms. The maximum absolute atomic E-state index is 11.1. The molecule has 5 nitrogen and oxygen atoms in total. The fraction of sp³-hybridized carbons (Fsp3) is 0.800. The van der Waals surface area contributed by atoms with E-state index in [-0.39, 0.29) is 5.04 Å². The number of sulfonamides is 1. The minimum Gasteiger partial charge on any atom is -0.398 e. The van der Waals surface area contributed by atoms with Crippen LogP contribution in [-0.4, -0.2) is 39.0 Å². The standard InChI is InChI=1S/C5H12N2O3S/c1-5(6-10-4)11(8,9)7(2)3/h1-4H3. The van der Waals surface area contributed by atoms with Gasteiger partial charge < -0.3 is 4.84 Å². The van der Waals surface area contributed by atoms with E-state index in [9.17, 15) is 8.42 Å². The molecule has 0 rings (SSSR count). The molecule has 0 heterocycles. The first-order valence-electron chi connectivity index (χ1n) is 2.93. The molecule has 0 bridgehead atoms. The minimum absolute atomic E-state index is 0.0509.